The molecule has 0 aliphatic rings. The van der Waals surface area contributed by atoms with Crippen LogP contribution >= 0.6 is 11.8 Å². The number of amidine groups is 1. The maximum Gasteiger partial charge on any atom is 0.122 e. The molecule has 104 valence electrons. The average molecular weight is 284 g/mol. The van der Waals surface area contributed by atoms with Crippen LogP contribution < -0.4 is 5.73 Å². The summed E-state index contributed by atoms with van der Waals surface area (Å²) < 4.78 is 0. The topological polar surface area (TPSA) is 49.9 Å². The molecule has 0 spiro atoms. The van der Waals surface area contributed by atoms with Crippen molar-refractivity contribution in [3.05, 3.63) is 59.7 Å². The zero-order valence-corrected chi connectivity index (χ0v) is 12.9. The number of benzene rings is 2. The van der Waals surface area contributed by atoms with Crippen molar-refractivity contribution in [1.82, 2.24) is 0 Å². The summed E-state index contributed by atoms with van der Waals surface area (Å²) >= 11 is 1.72. The molecule has 0 aliphatic carbocycles. The maximum atomic E-state index is 7.38. The Hall–Kier alpha value is -1.74. The third kappa shape index (κ3) is 3.64. The average Bonchev–Trinajstić information content (AvgIpc) is 2.39. The van der Waals surface area contributed by atoms with E-state index in [9.17, 15) is 0 Å². The molecular formula is C17H20N2S. The highest BCUT2D eigenvalue weighted by Crippen LogP contribution is 2.30. The summed E-state index contributed by atoms with van der Waals surface area (Å²) in [6.07, 6.45) is 0. The van der Waals surface area contributed by atoms with Gasteiger partial charge in [0.1, 0.15) is 5.84 Å². The van der Waals surface area contributed by atoms with E-state index in [1.807, 2.05) is 24.3 Å². The van der Waals surface area contributed by atoms with Gasteiger partial charge in [0.15, 0.2) is 0 Å². The minimum Gasteiger partial charge on any atom is -0.384 e. The predicted molar refractivity (Wildman–Crippen MR) is 86.7 cm³/mol. The first-order valence-corrected chi connectivity index (χ1v) is 7.41. The van der Waals surface area contributed by atoms with Gasteiger partial charge in [-0.3, -0.25) is 5.41 Å². The first kappa shape index (κ1) is 14.7. The molecule has 20 heavy (non-hydrogen) atoms. The van der Waals surface area contributed by atoms with Gasteiger partial charge in [-0.25, -0.2) is 0 Å². The monoisotopic (exact) mass is 284 g/mol. The normalized spacial score (nSPS) is 11.3. The zero-order valence-electron chi connectivity index (χ0n) is 12.1. The number of nitrogens with two attached hydrogens (primary N) is 1. The van der Waals surface area contributed by atoms with Crippen molar-refractivity contribution in [2.24, 2.45) is 5.73 Å². The summed E-state index contributed by atoms with van der Waals surface area (Å²) in [4.78, 5) is 2.37. The van der Waals surface area contributed by atoms with Crippen LogP contribution in [0.2, 0.25) is 0 Å². The molecular weight excluding hydrogens is 264 g/mol. The standard InChI is InChI=1S/C17H20N2S/c1-17(2,3)13-6-10-15(11-7-13)20-14-8-4-12(5-9-14)16(18)19/h4-11H,1-3H3,(H3,18,19). The third-order valence-electron chi connectivity index (χ3n) is 3.12. The highest BCUT2D eigenvalue weighted by atomic mass is 32.2. The van der Waals surface area contributed by atoms with Crippen LogP contribution in [0.15, 0.2) is 58.3 Å². The fraction of sp³-hybridized carbons (Fsp3) is 0.235. The van der Waals surface area contributed by atoms with E-state index in [1.54, 1.807) is 11.8 Å². The fourth-order valence-corrected chi connectivity index (χ4v) is 2.68. The molecule has 0 fully saturated rings. The summed E-state index contributed by atoms with van der Waals surface area (Å²) in [5.41, 5.74) is 7.74. The lowest BCUT2D eigenvalue weighted by atomic mass is 9.87. The van der Waals surface area contributed by atoms with Gasteiger partial charge in [0.25, 0.3) is 0 Å². The van der Waals surface area contributed by atoms with Crippen LogP contribution in [0.3, 0.4) is 0 Å². The Kier molecular flexibility index (Phi) is 4.19. The summed E-state index contributed by atoms with van der Waals surface area (Å²) in [5, 5.41) is 7.38. The van der Waals surface area contributed by atoms with E-state index >= 15 is 0 Å². The summed E-state index contributed by atoms with van der Waals surface area (Å²) in [6.45, 7) is 6.65. The summed E-state index contributed by atoms with van der Waals surface area (Å²) in [6, 6.07) is 16.5. The van der Waals surface area contributed by atoms with Crippen molar-refractivity contribution in [1.29, 1.82) is 5.41 Å². The molecule has 0 bridgehead atoms. The molecule has 0 heterocycles. The number of hydrogen-bond acceptors (Lipinski definition) is 2. The maximum absolute atomic E-state index is 7.38. The lowest BCUT2D eigenvalue weighted by Crippen LogP contribution is -2.10. The Morgan fingerprint density at radius 3 is 1.75 bits per heavy atom. The molecule has 0 unspecified atom stereocenters. The first-order chi connectivity index (χ1) is 9.36. The van der Waals surface area contributed by atoms with E-state index in [0.717, 1.165) is 10.5 Å². The Morgan fingerprint density at radius 1 is 0.900 bits per heavy atom. The van der Waals surface area contributed by atoms with Crippen LogP contribution in [0.4, 0.5) is 0 Å². The van der Waals surface area contributed by atoms with Gasteiger partial charge < -0.3 is 5.73 Å². The molecule has 0 aromatic heterocycles. The van der Waals surface area contributed by atoms with E-state index < -0.39 is 0 Å². The molecule has 0 atom stereocenters. The third-order valence-corrected chi connectivity index (χ3v) is 4.14. The summed E-state index contributed by atoms with van der Waals surface area (Å²) in [5.74, 6) is 0.107. The van der Waals surface area contributed by atoms with E-state index in [0.29, 0.717) is 0 Å². The molecule has 2 aromatic rings. The van der Waals surface area contributed by atoms with Crippen molar-refractivity contribution in [3.8, 4) is 0 Å². The molecule has 0 saturated heterocycles. The Balaban J connectivity index is 2.12. The quantitative estimate of drug-likeness (QED) is 0.647. The van der Waals surface area contributed by atoms with Gasteiger partial charge >= 0.3 is 0 Å². The minimum absolute atomic E-state index is 0.107. The van der Waals surface area contributed by atoms with Crippen molar-refractivity contribution >= 4 is 17.6 Å². The molecule has 0 aliphatic heterocycles. The molecule has 3 N–H and O–H groups in total. The van der Waals surface area contributed by atoms with Crippen LogP contribution in [0, 0.1) is 5.41 Å². The lowest BCUT2D eigenvalue weighted by Gasteiger charge is -2.19. The molecule has 0 radical (unpaired) electrons. The Morgan fingerprint density at radius 2 is 1.35 bits per heavy atom. The molecule has 2 rings (SSSR count). The van der Waals surface area contributed by atoms with E-state index in [2.05, 4.69) is 45.0 Å². The van der Waals surface area contributed by atoms with Crippen molar-refractivity contribution in [2.45, 2.75) is 36.0 Å². The van der Waals surface area contributed by atoms with Gasteiger partial charge in [-0.2, -0.15) is 0 Å². The highest BCUT2D eigenvalue weighted by molar-refractivity contribution is 7.99. The second-order valence-corrected chi connectivity index (χ2v) is 6.96. The van der Waals surface area contributed by atoms with Crippen LogP contribution in [0.1, 0.15) is 31.9 Å². The van der Waals surface area contributed by atoms with E-state index in [4.69, 9.17) is 11.1 Å². The van der Waals surface area contributed by atoms with Crippen LogP contribution in [0.5, 0.6) is 0 Å². The molecule has 0 amide bonds. The molecule has 2 aromatic carbocycles. The SMILES string of the molecule is CC(C)(C)c1ccc(Sc2ccc(C(=N)N)cc2)cc1. The Bertz CT molecular complexity index is 592. The summed E-state index contributed by atoms with van der Waals surface area (Å²) in [7, 11) is 0. The minimum atomic E-state index is 0.107. The fourth-order valence-electron chi connectivity index (χ4n) is 1.86. The van der Waals surface area contributed by atoms with Crippen LogP contribution in [-0.4, -0.2) is 5.84 Å². The van der Waals surface area contributed by atoms with Crippen LogP contribution in [-0.2, 0) is 5.41 Å². The van der Waals surface area contributed by atoms with Crippen molar-refractivity contribution in [3.63, 3.8) is 0 Å². The number of nitrogens with one attached hydrogen (secondary N) is 1. The van der Waals surface area contributed by atoms with E-state index in [-0.39, 0.29) is 11.3 Å². The largest absolute Gasteiger partial charge is 0.384 e. The molecule has 2 nitrogen and oxygen atoms in total. The van der Waals surface area contributed by atoms with Crippen molar-refractivity contribution < 1.29 is 0 Å². The van der Waals surface area contributed by atoms with Gasteiger partial charge in [0, 0.05) is 15.4 Å². The second-order valence-electron chi connectivity index (χ2n) is 5.81. The van der Waals surface area contributed by atoms with Crippen LogP contribution in [0.25, 0.3) is 0 Å². The molecule has 0 saturated carbocycles. The number of nitrogen functional groups attached to an aromatic ring is 1. The predicted octanol–water partition coefficient (Wildman–Crippen LogP) is 4.42. The van der Waals surface area contributed by atoms with Gasteiger partial charge in [-0.05, 0) is 35.2 Å². The van der Waals surface area contributed by atoms with Gasteiger partial charge in [-0.15, -0.1) is 0 Å². The smallest absolute Gasteiger partial charge is 0.122 e. The highest BCUT2D eigenvalue weighted by Gasteiger charge is 2.12. The Labute approximate surface area is 124 Å². The number of hydrogen-bond donors (Lipinski definition) is 2. The van der Waals surface area contributed by atoms with E-state index in [1.165, 1.54) is 10.5 Å². The lowest BCUT2D eigenvalue weighted by molar-refractivity contribution is 0.590. The van der Waals surface area contributed by atoms with Gasteiger partial charge in [0.05, 0.1) is 0 Å². The van der Waals surface area contributed by atoms with Gasteiger partial charge in [-0.1, -0.05) is 56.8 Å². The van der Waals surface area contributed by atoms with Gasteiger partial charge in [0.2, 0.25) is 0 Å². The zero-order chi connectivity index (χ0) is 14.8. The van der Waals surface area contributed by atoms with Crippen molar-refractivity contribution in [2.75, 3.05) is 0 Å². The second kappa shape index (κ2) is 5.71. The number of rotatable bonds is 3. The first-order valence-electron chi connectivity index (χ1n) is 6.59. The molecule has 3 heteroatoms.